The summed E-state index contributed by atoms with van der Waals surface area (Å²) in [7, 11) is -9.91. The minimum absolute atomic E-state index is 0.108. The van der Waals surface area contributed by atoms with Crippen molar-refractivity contribution in [1.29, 1.82) is 0 Å². The normalized spacial score (nSPS) is 13.9. The molecule has 96 heavy (non-hydrogen) atoms. The van der Waals surface area contributed by atoms with E-state index in [4.69, 9.17) is 37.0 Å². The topological polar surface area (TPSA) is 237 Å². The van der Waals surface area contributed by atoms with Gasteiger partial charge in [0.25, 0.3) is 0 Å². The van der Waals surface area contributed by atoms with Crippen molar-refractivity contribution in [2.45, 2.75) is 425 Å². The van der Waals surface area contributed by atoms with Crippen molar-refractivity contribution in [3.8, 4) is 0 Å². The molecule has 0 fully saturated rings. The Morgan fingerprint density at radius 1 is 0.281 bits per heavy atom. The maximum atomic E-state index is 13.1. The van der Waals surface area contributed by atoms with E-state index in [0.29, 0.717) is 25.7 Å². The molecular formula is C77H150O17P2. The summed E-state index contributed by atoms with van der Waals surface area (Å²) in [6.07, 6.45) is 59.5. The zero-order valence-corrected chi connectivity index (χ0v) is 64.3. The maximum Gasteiger partial charge on any atom is 0.472 e. The fraction of sp³-hybridized carbons (Fsp3) is 0.948. The van der Waals surface area contributed by atoms with Crippen LogP contribution in [0.3, 0.4) is 0 Å². The molecule has 3 N–H and O–H groups in total. The first kappa shape index (κ1) is 94.1. The molecule has 0 amide bonds. The fourth-order valence-electron chi connectivity index (χ4n) is 11.9. The van der Waals surface area contributed by atoms with Crippen molar-refractivity contribution in [2.24, 2.45) is 5.92 Å². The third-order valence-corrected chi connectivity index (χ3v) is 19.9. The SMILES string of the molecule is CCCCCCCCCCCCCCCCCCCCC(=O)O[C@H](COC(=O)CCCCCCCCCCCCCCCC(C)C)COP(=O)(O)OC[C@@H](O)COP(=O)(O)OC[C@@H](COC(=O)CCCCCCCCCCCC)OC(=O)CCCCCCCCCCCCCC. The van der Waals surface area contributed by atoms with E-state index in [1.165, 1.54) is 231 Å². The maximum absolute atomic E-state index is 13.1. The van der Waals surface area contributed by atoms with Crippen molar-refractivity contribution in [2.75, 3.05) is 39.6 Å². The molecule has 0 rings (SSSR count). The Kier molecular flexibility index (Phi) is 68.7. The quantitative estimate of drug-likeness (QED) is 0.0222. The number of aliphatic hydroxyl groups is 1. The van der Waals surface area contributed by atoms with Gasteiger partial charge in [0, 0.05) is 25.7 Å². The van der Waals surface area contributed by atoms with Gasteiger partial charge in [0.15, 0.2) is 12.2 Å². The summed E-state index contributed by atoms with van der Waals surface area (Å²) in [6, 6.07) is 0. The Labute approximate surface area is 588 Å². The van der Waals surface area contributed by atoms with Crippen molar-refractivity contribution < 1.29 is 80.2 Å². The Balaban J connectivity index is 5.23. The molecule has 2 unspecified atom stereocenters. The Morgan fingerprint density at radius 2 is 0.479 bits per heavy atom. The highest BCUT2D eigenvalue weighted by atomic mass is 31.2. The van der Waals surface area contributed by atoms with Crippen LogP contribution in [0.15, 0.2) is 0 Å². The lowest BCUT2D eigenvalue weighted by Crippen LogP contribution is -2.30. The average molecular weight is 1410 g/mol. The van der Waals surface area contributed by atoms with Crippen molar-refractivity contribution in [1.82, 2.24) is 0 Å². The van der Waals surface area contributed by atoms with Gasteiger partial charge in [0.2, 0.25) is 0 Å². The number of carbonyl (C=O) groups excluding carboxylic acids is 4. The lowest BCUT2D eigenvalue weighted by Gasteiger charge is -2.21. The number of phosphoric ester groups is 2. The van der Waals surface area contributed by atoms with E-state index in [1.807, 2.05) is 0 Å². The summed E-state index contributed by atoms with van der Waals surface area (Å²) in [5.74, 6) is -1.32. The smallest absolute Gasteiger partial charge is 0.462 e. The molecule has 0 aliphatic carbocycles. The van der Waals surface area contributed by atoms with Crippen LogP contribution in [0.2, 0.25) is 0 Å². The van der Waals surface area contributed by atoms with E-state index in [9.17, 15) is 43.2 Å². The van der Waals surface area contributed by atoms with Crippen LogP contribution in [0.1, 0.15) is 407 Å². The highest BCUT2D eigenvalue weighted by Gasteiger charge is 2.30. The molecule has 5 atom stereocenters. The van der Waals surface area contributed by atoms with Crippen LogP contribution in [0.4, 0.5) is 0 Å². The Bertz CT molecular complexity index is 1840. The number of hydrogen-bond donors (Lipinski definition) is 3. The van der Waals surface area contributed by atoms with Gasteiger partial charge in [-0.25, -0.2) is 9.13 Å². The molecule has 0 aromatic carbocycles. The fourth-order valence-corrected chi connectivity index (χ4v) is 13.5. The van der Waals surface area contributed by atoms with Gasteiger partial charge in [-0.2, -0.15) is 0 Å². The molecule has 0 saturated carbocycles. The summed E-state index contributed by atoms with van der Waals surface area (Å²) in [5, 5.41) is 10.6. The molecule has 0 aliphatic heterocycles. The summed E-state index contributed by atoms with van der Waals surface area (Å²) in [6.45, 7) is 7.32. The third-order valence-electron chi connectivity index (χ3n) is 18.0. The number of unbranched alkanes of at least 4 members (excludes halogenated alkanes) is 49. The van der Waals surface area contributed by atoms with E-state index in [1.54, 1.807) is 0 Å². The highest BCUT2D eigenvalue weighted by Crippen LogP contribution is 2.45. The van der Waals surface area contributed by atoms with E-state index < -0.39 is 97.5 Å². The average Bonchev–Trinajstić information content (AvgIpc) is 2.58. The minimum Gasteiger partial charge on any atom is -0.462 e. The van der Waals surface area contributed by atoms with Gasteiger partial charge < -0.3 is 33.8 Å². The van der Waals surface area contributed by atoms with E-state index in [-0.39, 0.29) is 25.7 Å². The van der Waals surface area contributed by atoms with Gasteiger partial charge in [-0.05, 0) is 31.6 Å². The molecule has 0 aromatic heterocycles. The molecule has 17 nitrogen and oxygen atoms in total. The first-order chi connectivity index (χ1) is 46.5. The summed E-state index contributed by atoms with van der Waals surface area (Å²) < 4.78 is 68.6. The van der Waals surface area contributed by atoms with Crippen molar-refractivity contribution >= 4 is 39.5 Å². The van der Waals surface area contributed by atoms with E-state index >= 15 is 0 Å². The van der Waals surface area contributed by atoms with Crippen LogP contribution in [0.25, 0.3) is 0 Å². The third kappa shape index (κ3) is 70.5. The molecule has 0 heterocycles. The molecule has 0 saturated heterocycles. The molecule has 0 spiro atoms. The van der Waals surface area contributed by atoms with Gasteiger partial charge in [-0.3, -0.25) is 37.3 Å². The molecule has 0 aromatic rings. The largest absolute Gasteiger partial charge is 0.472 e. The molecule has 0 radical (unpaired) electrons. The van der Waals surface area contributed by atoms with Gasteiger partial charge in [0.05, 0.1) is 26.4 Å². The monoisotopic (exact) mass is 1410 g/mol. The second kappa shape index (κ2) is 70.1. The summed E-state index contributed by atoms with van der Waals surface area (Å²) in [4.78, 5) is 72.8. The number of ether oxygens (including phenoxy) is 4. The zero-order chi connectivity index (χ0) is 70.5. The van der Waals surface area contributed by atoms with E-state index in [0.717, 1.165) is 95.8 Å². The summed E-state index contributed by atoms with van der Waals surface area (Å²) in [5.41, 5.74) is 0. The van der Waals surface area contributed by atoms with Crippen LogP contribution >= 0.6 is 15.6 Å². The number of carbonyl (C=O) groups is 4. The summed E-state index contributed by atoms with van der Waals surface area (Å²) >= 11 is 0. The molecule has 0 bridgehead atoms. The molecular weight excluding hydrogens is 1260 g/mol. The number of phosphoric acid groups is 2. The molecule has 0 aliphatic rings. The van der Waals surface area contributed by atoms with Crippen LogP contribution in [-0.4, -0.2) is 96.7 Å². The standard InChI is InChI=1S/C77H150O17P2/c1-6-9-12-15-18-21-24-26-27-28-29-30-33-38-43-48-53-58-63-77(82)94-73(67-88-75(80)61-56-51-46-41-37-34-31-32-35-39-44-49-54-59-70(4)5)69-92-96(85,86)90-65-71(78)64-89-95(83,84)91-68-72(66-87-74(79)60-55-50-45-40-23-20-17-14-11-8-3)93-76(81)62-57-52-47-42-36-25-22-19-16-13-10-7-2/h70-73,78H,6-69H2,1-5H3,(H,83,84)(H,85,86)/t71-,72+,73+/m0/s1. The van der Waals surface area contributed by atoms with Crippen LogP contribution in [0.5, 0.6) is 0 Å². The van der Waals surface area contributed by atoms with E-state index in [2.05, 4.69) is 34.6 Å². The molecule has 19 heteroatoms. The highest BCUT2D eigenvalue weighted by molar-refractivity contribution is 7.47. The van der Waals surface area contributed by atoms with Crippen LogP contribution < -0.4 is 0 Å². The number of esters is 4. The van der Waals surface area contributed by atoms with Crippen molar-refractivity contribution in [3.63, 3.8) is 0 Å². The number of aliphatic hydroxyl groups excluding tert-OH is 1. The minimum atomic E-state index is -4.96. The number of rotatable bonds is 77. The van der Waals surface area contributed by atoms with Gasteiger partial charge >= 0.3 is 39.5 Å². The zero-order valence-electron chi connectivity index (χ0n) is 62.5. The Morgan fingerprint density at radius 3 is 0.708 bits per heavy atom. The van der Waals surface area contributed by atoms with Crippen LogP contribution in [0, 0.1) is 5.92 Å². The Hall–Kier alpha value is -1.94. The lowest BCUT2D eigenvalue weighted by molar-refractivity contribution is -0.161. The molecule has 570 valence electrons. The lowest BCUT2D eigenvalue weighted by atomic mass is 10.0. The first-order valence-electron chi connectivity index (χ1n) is 40.1. The van der Waals surface area contributed by atoms with Gasteiger partial charge in [-0.15, -0.1) is 0 Å². The second-order valence-electron chi connectivity index (χ2n) is 28.2. The van der Waals surface area contributed by atoms with Gasteiger partial charge in [-0.1, -0.05) is 356 Å². The first-order valence-corrected chi connectivity index (χ1v) is 43.1. The predicted octanol–water partition coefficient (Wildman–Crippen LogP) is 22.9. The van der Waals surface area contributed by atoms with Gasteiger partial charge in [0.1, 0.15) is 19.3 Å². The number of hydrogen-bond acceptors (Lipinski definition) is 15. The predicted molar refractivity (Wildman–Crippen MR) is 391 cm³/mol. The second-order valence-corrected chi connectivity index (χ2v) is 31.1. The van der Waals surface area contributed by atoms with Crippen LogP contribution in [-0.2, 0) is 65.4 Å². The van der Waals surface area contributed by atoms with Crippen molar-refractivity contribution in [3.05, 3.63) is 0 Å².